The molecular weight excluding hydrogens is 528 g/mol. The van der Waals surface area contributed by atoms with E-state index in [1.54, 1.807) is 0 Å². The molecule has 0 radical (unpaired) electrons. The fraction of sp³-hybridized carbons (Fsp3) is 0.133. The molecule has 2 rings (SSSR count). The molecule has 0 N–H and O–H groups in total. The van der Waals surface area contributed by atoms with E-state index in [4.69, 9.17) is 0 Å². The van der Waals surface area contributed by atoms with Crippen molar-refractivity contribution < 1.29 is 4.79 Å². The first kappa shape index (κ1) is 17.1. The van der Waals surface area contributed by atoms with Gasteiger partial charge in [0, 0.05) is 17.9 Å². The second-order valence-corrected chi connectivity index (χ2v) is 8.07. The van der Waals surface area contributed by atoms with E-state index in [1.165, 1.54) is 0 Å². The average molecular weight is 538 g/mol. The monoisotopic (exact) mass is 534 g/mol. The average Bonchev–Trinajstić information content (AvgIpc) is 2.34. The van der Waals surface area contributed by atoms with Crippen LogP contribution in [0.1, 0.15) is 22.3 Å². The van der Waals surface area contributed by atoms with Crippen LogP contribution in [0.4, 0.5) is 0 Å². The van der Waals surface area contributed by atoms with Gasteiger partial charge in [0.15, 0.2) is 0 Å². The molecule has 2 aromatic rings. The Balaban J connectivity index is 2.77. The standard InChI is InChI=1S/C15H10Br4N2/c1-7-3-9(16)13(10(17)4-7)15(21-20)14-11(18)5-8(2)6-12(14)19/h3-6H,1-2H3. The molecule has 0 saturated carbocycles. The Hall–Kier alpha value is -0.260. The van der Waals surface area contributed by atoms with E-state index in [2.05, 4.69) is 68.5 Å². The molecule has 108 valence electrons. The van der Waals surface area contributed by atoms with E-state index in [1.807, 2.05) is 38.1 Å². The number of hydrogen-bond donors (Lipinski definition) is 0. The quantitative estimate of drug-likeness (QED) is 0.241. The van der Waals surface area contributed by atoms with Crippen LogP contribution >= 0.6 is 63.7 Å². The second-order valence-electron chi connectivity index (χ2n) is 4.66. The summed E-state index contributed by atoms with van der Waals surface area (Å²) >= 11 is 14.2. The largest absolute Gasteiger partial charge is 0.361 e. The minimum Gasteiger partial charge on any atom is -0.361 e. The minimum absolute atomic E-state index is 0.479. The third kappa shape index (κ3) is 3.57. The SMILES string of the molecule is Cc1cc(Br)c(C(=[N+]=[N-])c2c(Br)cc(C)cc2Br)c(Br)c1. The van der Waals surface area contributed by atoms with Gasteiger partial charge in [-0.05, 0) is 113 Å². The van der Waals surface area contributed by atoms with E-state index < -0.39 is 0 Å². The van der Waals surface area contributed by atoms with Crippen LogP contribution in [0.5, 0.6) is 0 Å². The third-order valence-electron chi connectivity index (χ3n) is 2.95. The Morgan fingerprint density at radius 3 is 1.29 bits per heavy atom. The summed E-state index contributed by atoms with van der Waals surface area (Å²) in [4.78, 5) is 3.53. The molecule has 0 aliphatic rings. The number of halogens is 4. The highest BCUT2D eigenvalue weighted by Crippen LogP contribution is 2.34. The predicted molar refractivity (Wildman–Crippen MR) is 100.0 cm³/mol. The highest BCUT2D eigenvalue weighted by Gasteiger charge is 2.26. The number of hydrogen-bond acceptors (Lipinski definition) is 0. The minimum atomic E-state index is 0.479. The van der Waals surface area contributed by atoms with E-state index in [0.717, 1.165) is 40.1 Å². The van der Waals surface area contributed by atoms with Crippen molar-refractivity contribution in [3.63, 3.8) is 0 Å². The molecule has 0 unspecified atom stereocenters. The van der Waals surface area contributed by atoms with Crippen molar-refractivity contribution in [3.8, 4) is 0 Å². The Morgan fingerprint density at radius 1 is 0.762 bits per heavy atom. The van der Waals surface area contributed by atoms with Crippen molar-refractivity contribution in [2.45, 2.75) is 13.8 Å². The Labute approximate surface area is 157 Å². The fourth-order valence-corrected chi connectivity index (χ4v) is 5.66. The van der Waals surface area contributed by atoms with E-state index >= 15 is 0 Å². The lowest BCUT2D eigenvalue weighted by atomic mass is 10.0. The number of aryl methyl sites for hydroxylation is 2. The summed E-state index contributed by atoms with van der Waals surface area (Å²) in [7, 11) is 0. The van der Waals surface area contributed by atoms with Gasteiger partial charge in [-0.3, -0.25) is 0 Å². The van der Waals surface area contributed by atoms with Gasteiger partial charge in [-0.25, -0.2) is 0 Å². The zero-order valence-corrected chi connectivity index (χ0v) is 17.6. The Kier molecular flexibility index (Phi) is 5.60. The van der Waals surface area contributed by atoms with Crippen molar-refractivity contribution in [1.29, 1.82) is 0 Å². The highest BCUT2D eigenvalue weighted by atomic mass is 79.9. The summed E-state index contributed by atoms with van der Waals surface area (Å²) in [5.41, 5.74) is 13.9. The fourth-order valence-electron chi connectivity index (χ4n) is 2.08. The molecule has 2 aromatic carbocycles. The molecule has 0 atom stereocenters. The Morgan fingerprint density at radius 2 is 1.05 bits per heavy atom. The van der Waals surface area contributed by atoms with Gasteiger partial charge in [-0.1, -0.05) is 0 Å². The maximum atomic E-state index is 9.57. The molecule has 21 heavy (non-hydrogen) atoms. The number of rotatable bonds is 2. The lowest BCUT2D eigenvalue weighted by Crippen LogP contribution is -2.09. The molecule has 0 heterocycles. The van der Waals surface area contributed by atoms with Crippen LogP contribution in [0.2, 0.25) is 0 Å². The van der Waals surface area contributed by atoms with Gasteiger partial charge in [0.1, 0.15) is 0 Å². The molecule has 0 fully saturated rings. The molecule has 6 heteroatoms. The van der Waals surface area contributed by atoms with E-state index in [0.29, 0.717) is 5.71 Å². The first-order chi connectivity index (χ1) is 9.85. The van der Waals surface area contributed by atoms with Crippen LogP contribution in [0.25, 0.3) is 5.53 Å². The van der Waals surface area contributed by atoms with Crippen LogP contribution in [-0.4, -0.2) is 10.5 Å². The van der Waals surface area contributed by atoms with Crippen molar-refractivity contribution in [3.05, 3.63) is 69.9 Å². The summed E-state index contributed by atoms with van der Waals surface area (Å²) in [6.07, 6.45) is 0. The second kappa shape index (κ2) is 6.88. The van der Waals surface area contributed by atoms with E-state index in [-0.39, 0.29) is 0 Å². The normalized spacial score (nSPS) is 10.4. The van der Waals surface area contributed by atoms with Gasteiger partial charge < -0.3 is 5.53 Å². The number of benzene rings is 2. The predicted octanol–water partition coefficient (Wildman–Crippen LogP) is 6.42. The van der Waals surface area contributed by atoms with Gasteiger partial charge in [0.2, 0.25) is 0 Å². The van der Waals surface area contributed by atoms with Crippen LogP contribution < -0.4 is 0 Å². The first-order valence-corrected chi connectivity index (χ1v) is 9.16. The molecule has 0 bridgehead atoms. The molecule has 0 spiro atoms. The summed E-state index contributed by atoms with van der Waals surface area (Å²) < 4.78 is 3.45. The van der Waals surface area contributed by atoms with Crippen LogP contribution in [0.15, 0.2) is 42.2 Å². The maximum absolute atomic E-state index is 9.57. The zero-order chi connectivity index (χ0) is 15.7. The van der Waals surface area contributed by atoms with Gasteiger partial charge in [-0.15, -0.1) is 0 Å². The van der Waals surface area contributed by atoms with Gasteiger partial charge in [0.25, 0.3) is 0 Å². The van der Waals surface area contributed by atoms with Crippen molar-refractivity contribution in [2.75, 3.05) is 0 Å². The summed E-state index contributed by atoms with van der Waals surface area (Å²) in [5.74, 6) is 0. The number of nitrogens with zero attached hydrogens (tertiary/aromatic N) is 2. The lowest BCUT2D eigenvalue weighted by molar-refractivity contribution is -0.00300. The topological polar surface area (TPSA) is 36.4 Å². The summed E-state index contributed by atoms with van der Waals surface area (Å²) in [6.45, 7) is 4.01. The molecule has 0 aliphatic carbocycles. The van der Waals surface area contributed by atoms with Crippen molar-refractivity contribution in [1.82, 2.24) is 0 Å². The lowest BCUT2D eigenvalue weighted by Gasteiger charge is -2.09. The molecule has 0 amide bonds. The van der Waals surface area contributed by atoms with E-state index in [9.17, 15) is 5.53 Å². The van der Waals surface area contributed by atoms with Crippen molar-refractivity contribution >= 4 is 69.4 Å². The molecule has 2 nitrogen and oxygen atoms in total. The van der Waals surface area contributed by atoms with Gasteiger partial charge in [-0.2, -0.15) is 4.79 Å². The van der Waals surface area contributed by atoms with Crippen LogP contribution in [-0.2, 0) is 0 Å². The molecule has 0 aromatic heterocycles. The summed E-state index contributed by atoms with van der Waals surface area (Å²) in [6, 6.07) is 7.95. The van der Waals surface area contributed by atoms with Gasteiger partial charge >= 0.3 is 5.71 Å². The smallest absolute Gasteiger partial charge is 0.334 e. The third-order valence-corrected chi connectivity index (χ3v) is 5.45. The zero-order valence-electron chi connectivity index (χ0n) is 11.2. The summed E-state index contributed by atoms with van der Waals surface area (Å²) in [5, 5.41) is 0. The van der Waals surface area contributed by atoms with Crippen LogP contribution in [0.3, 0.4) is 0 Å². The molecular formula is C15H10Br4N2. The highest BCUT2D eigenvalue weighted by molar-refractivity contribution is 9.11. The maximum Gasteiger partial charge on any atom is 0.334 e. The Bertz CT molecular complexity index is 672. The van der Waals surface area contributed by atoms with Crippen LogP contribution in [0, 0.1) is 13.8 Å². The molecule has 0 saturated heterocycles. The van der Waals surface area contributed by atoms with Crippen molar-refractivity contribution in [2.24, 2.45) is 0 Å². The molecule has 0 aliphatic heterocycles. The van der Waals surface area contributed by atoms with Gasteiger partial charge in [0.05, 0.1) is 11.1 Å². The first-order valence-electron chi connectivity index (χ1n) is 5.99.